The van der Waals surface area contributed by atoms with Gasteiger partial charge in [-0.1, -0.05) is 12.1 Å². The highest BCUT2D eigenvalue weighted by Gasteiger charge is 2.11. The molecule has 1 aromatic carbocycles. The highest BCUT2D eigenvalue weighted by molar-refractivity contribution is 14.1. The average molecular weight is 320 g/mol. The smallest absolute Gasteiger partial charge is 0.166 e. The summed E-state index contributed by atoms with van der Waals surface area (Å²) in [5.41, 5.74) is 2.62. The minimum Gasteiger partial charge on any atom is -0.166 e. The number of pyridine rings is 2. The third-order valence-electron chi connectivity index (χ3n) is 3.00. The first-order valence-electron chi connectivity index (χ1n) is 5.25. The summed E-state index contributed by atoms with van der Waals surface area (Å²) in [5, 5.41) is 2.67. The van der Waals surface area contributed by atoms with Gasteiger partial charge in [-0.15, -0.1) is 0 Å². The van der Waals surface area contributed by atoms with Crippen LogP contribution in [0.4, 0.5) is 0 Å². The summed E-state index contributed by atoms with van der Waals surface area (Å²) >= 11 is 2.39. The van der Waals surface area contributed by atoms with Gasteiger partial charge >= 0.3 is 0 Å². The van der Waals surface area contributed by atoms with Crippen LogP contribution in [0.25, 0.3) is 16.3 Å². The van der Waals surface area contributed by atoms with Crippen LogP contribution in [-0.4, -0.2) is 0 Å². The maximum Gasteiger partial charge on any atom is 0.214 e. The van der Waals surface area contributed by atoms with Gasteiger partial charge in [-0.25, -0.2) is 0 Å². The zero-order chi connectivity index (χ0) is 11.1. The van der Waals surface area contributed by atoms with Gasteiger partial charge in [-0.3, -0.25) is 0 Å². The molecule has 0 saturated heterocycles. The van der Waals surface area contributed by atoms with Gasteiger partial charge in [0, 0.05) is 21.3 Å². The number of rotatable bonds is 0. The SMILES string of the molecule is Cc1c2cccc(I)c2c[n+]2ccccc12. The predicted molar refractivity (Wildman–Crippen MR) is 74.6 cm³/mol. The third-order valence-corrected chi connectivity index (χ3v) is 3.94. The quantitative estimate of drug-likeness (QED) is 0.339. The molecule has 2 heteroatoms. The first kappa shape index (κ1) is 10.0. The van der Waals surface area contributed by atoms with Crippen molar-refractivity contribution in [1.82, 2.24) is 0 Å². The molecule has 1 nitrogen and oxygen atoms in total. The Bertz CT molecular complexity index is 689. The van der Waals surface area contributed by atoms with Crippen LogP contribution in [0.15, 0.2) is 48.8 Å². The molecule has 0 unspecified atom stereocenters. The molecule has 0 N–H and O–H groups in total. The van der Waals surface area contributed by atoms with Crippen LogP contribution in [0.1, 0.15) is 5.56 Å². The Morgan fingerprint density at radius 2 is 1.88 bits per heavy atom. The number of benzene rings is 1. The highest BCUT2D eigenvalue weighted by Crippen LogP contribution is 2.23. The summed E-state index contributed by atoms with van der Waals surface area (Å²) in [4.78, 5) is 0. The maximum absolute atomic E-state index is 2.39. The number of nitrogens with zero attached hydrogens (tertiary/aromatic N) is 1. The number of hydrogen-bond donors (Lipinski definition) is 0. The lowest BCUT2D eigenvalue weighted by Gasteiger charge is -2.03. The minimum absolute atomic E-state index is 1.28. The Hall–Kier alpha value is -1.16. The molecule has 0 bridgehead atoms. The van der Waals surface area contributed by atoms with Gasteiger partial charge in [0.25, 0.3) is 0 Å². The van der Waals surface area contributed by atoms with Gasteiger partial charge in [-0.05, 0) is 47.0 Å². The van der Waals surface area contributed by atoms with Crippen molar-refractivity contribution in [3.05, 3.63) is 57.9 Å². The van der Waals surface area contributed by atoms with Crippen molar-refractivity contribution >= 4 is 38.9 Å². The van der Waals surface area contributed by atoms with E-state index in [-0.39, 0.29) is 0 Å². The molecule has 0 spiro atoms. The van der Waals surface area contributed by atoms with Crippen LogP contribution in [0.2, 0.25) is 0 Å². The summed E-state index contributed by atoms with van der Waals surface area (Å²) < 4.78 is 3.50. The van der Waals surface area contributed by atoms with Gasteiger partial charge in [0.1, 0.15) is 0 Å². The molecular formula is C14H11IN+. The lowest BCUT2D eigenvalue weighted by Crippen LogP contribution is -2.21. The number of aryl methyl sites for hydroxylation is 1. The number of halogens is 1. The molecule has 3 aromatic rings. The van der Waals surface area contributed by atoms with Crippen molar-refractivity contribution in [1.29, 1.82) is 0 Å². The van der Waals surface area contributed by atoms with Crippen LogP contribution in [-0.2, 0) is 0 Å². The predicted octanol–water partition coefficient (Wildman–Crippen LogP) is 3.49. The van der Waals surface area contributed by atoms with E-state index < -0.39 is 0 Å². The van der Waals surface area contributed by atoms with E-state index in [9.17, 15) is 0 Å². The van der Waals surface area contributed by atoms with E-state index in [4.69, 9.17) is 0 Å². The van der Waals surface area contributed by atoms with E-state index in [0.29, 0.717) is 0 Å². The van der Waals surface area contributed by atoms with E-state index in [1.807, 2.05) is 0 Å². The summed E-state index contributed by atoms with van der Waals surface area (Å²) in [7, 11) is 0. The van der Waals surface area contributed by atoms with Crippen LogP contribution >= 0.6 is 22.6 Å². The van der Waals surface area contributed by atoms with Crippen molar-refractivity contribution in [2.45, 2.75) is 6.92 Å². The fourth-order valence-electron chi connectivity index (χ4n) is 2.16. The number of aromatic nitrogens is 1. The molecule has 78 valence electrons. The molecule has 0 aliphatic carbocycles. The first-order valence-corrected chi connectivity index (χ1v) is 6.33. The number of hydrogen-bond acceptors (Lipinski definition) is 0. The summed E-state index contributed by atoms with van der Waals surface area (Å²) in [6, 6.07) is 12.8. The van der Waals surface area contributed by atoms with Crippen molar-refractivity contribution in [3.63, 3.8) is 0 Å². The fraction of sp³-hybridized carbons (Fsp3) is 0.0714. The van der Waals surface area contributed by atoms with Crippen LogP contribution < -0.4 is 4.40 Å². The maximum atomic E-state index is 2.39. The fourth-order valence-corrected chi connectivity index (χ4v) is 2.80. The molecular weight excluding hydrogens is 309 g/mol. The van der Waals surface area contributed by atoms with Crippen molar-refractivity contribution in [3.8, 4) is 0 Å². The lowest BCUT2D eigenvalue weighted by atomic mass is 10.1. The first-order chi connectivity index (χ1) is 7.77. The molecule has 0 amide bonds. The standard InChI is InChI=1S/C14H11IN/c1-10-11-5-4-6-13(15)12(11)9-16-8-3-2-7-14(10)16/h2-9H,1H3/q+1. The van der Waals surface area contributed by atoms with E-state index in [0.717, 1.165) is 0 Å². The van der Waals surface area contributed by atoms with Gasteiger partial charge < -0.3 is 0 Å². The second-order valence-electron chi connectivity index (χ2n) is 3.95. The van der Waals surface area contributed by atoms with Crippen LogP contribution in [0, 0.1) is 10.5 Å². The zero-order valence-corrected chi connectivity index (χ0v) is 11.1. The molecule has 2 aromatic heterocycles. The summed E-state index contributed by atoms with van der Waals surface area (Å²) in [6.07, 6.45) is 4.31. The molecule has 2 heterocycles. The Morgan fingerprint density at radius 3 is 2.75 bits per heavy atom. The molecule has 0 aliphatic rings. The van der Waals surface area contributed by atoms with E-state index in [1.165, 1.54) is 25.4 Å². The average Bonchev–Trinajstić information content (AvgIpc) is 2.31. The minimum atomic E-state index is 1.28. The monoisotopic (exact) mass is 320 g/mol. The molecule has 16 heavy (non-hydrogen) atoms. The summed E-state index contributed by atoms with van der Waals surface area (Å²) in [5.74, 6) is 0. The van der Waals surface area contributed by atoms with Gasteiger partial charge in [0.2, 0.25) is 5.52 Å². The Balaban J connectivity index is 2.61. The molecule has 0 radical (unpaired) electrons. The Morgan fingerprint density at radius 1 is 1.00 bits per heavy atom. The van der Waals surface area contributed by atoms with E-state index in [1.54, 1.807) is 0 Å². The third kappa shape index (κ3) is 1.40. The van der Waals surface area contributed by atoms with Gasteiger partial charge in [0.15, 0.2) is 12.4 Å². The zero-order valence-electron chi connectivity index (χ0n) is 8.94. The molecule has 3 rings (SSSR count). The molecule has 0 fully saturated rings. The molecule has 0 aliphatic heterocycles. The van der Waals surface area contributed by atoms with Crippen molar-refractivity contribution < 1.29 is 4.40 Å². The highest BCUT2D eigenvalue weighted by atomic mass is 127. The van der Waals surface area contributed by atoms with Gasteiger partial charge in [0.05, 0.1) is 5.39 Å². The van der Waals surface area contributed by atoms with Gasteiger partial charge in [-0.2, -0.15) is 4.40 Å². The van der Waals surface area contributed by atoms with Crippen molar-refractivity contribution in [2.75, 3.05) is 0 Å². The van der Waals surface area contributed by atoms with Crippen molar-refractivity contribution in [2.24, 2.45) is 0 Å². The molecule has 0 saturated carbocycles. The summed E-state index contributed by atoms with van der Waals surface area (Å²) in [6.45, 7) is 2.19. The Kier molecular flexibility index (Phi) is 2.32. The Labute approximate surface area is 108 Å². The van der Waals surface area contributed by atoms with Crippen LogP contribution in [0.3, 0.4) is 0 Å². The normalized spacial score (nSPS) is 11.1. The largest absolute Gasteiger partial charge is 0.214 e. The van der Waals surface area contributed by atoms with Crippen LogP contribution in [0.5, 0.6) is 0 Å². The molecule has 0 atom stereocenters. The second-order valence-corrected chi connectivity index (χ2v) is 5.11. The van der Waals surface area contributed by atoms with E-state index in [2.05, 4.69) is 82.7 Å². The second kappa shape index (κ2) is 3.70. The topological polar surface area (TPSA) is 4.10 Å². The number of fused-ring (bicyclic) bond motifs is 2. The lowest BCUT2D eigenvalue weighted by molar-refractivity contribution is -0.510. The van der Waals surface area contributed by atoms with E-state index >= 15 is 0 Å².